The normalized spacial score (nSPS) is 10.5. The average molecular weight is 380 g/mol. The van der Waals surface area contributed by atoms with E-state index in [0.29, 0.717) is 23.5 Å². The lowest BCUT2D eigenvalue weighted by molar-refractivity contribution is 0.0950. The first-order chi connectivity index (χ1) is 13.4. The maximum atomic E-state index is 12.9. The summed E-state index contributed by atoms with van der Waals surface area (Å²) in [5.41, 5.74) is 3.36. The van der Waals surface area contributed by atoms with Gasteiger partial charge in [0.15, 0.2) is 0 Å². The van der Waals surface area contributed by atoms with Gasteiger partial charge in [-0.1, -0.05) is 12.1 Å². The standard InChI is InChI=1S/C22H21FN2O3/c1-14-11-15(2)25-22(27)20(14)12-24-21(26)17-5-3-16(4-6-17)13-28-19-9-7-18(23)8-10-19/h3-11H,12-13H2,1-2H3,(H,24,26)(H,25,27). The summed E-state index contributed by atoms with van der Waals surface area (Å²) in [6.07, 6.45) is 0. The second kappa shape index (κ2) is 8.52. The number of pyridine rings is 1. The van der Waals surface area contributed by atoms with Gasteiger partial charge < -0.3 is 15.0 Å². The molecule has 0 fully saturated rings. The average Bonchev–Trinajstić information content (AvgIpc) is 2.67. The molecule has 3 aromatic rings. The number of carbonyl (C=O) groups is 1. The van der Waals surface area contributed by atoms with Gasteiger partial charge in [-0.25, -0.2) is 4.39 Å². The molecular weight excluding hydrogens is 359 g/mol. The number of hydrogen-bond donors (Lipinski definition) is 2. The number of benzene rings is 2. The molecule has 1 aromatic heterocycles. The van der Waals surface area contributed by atoms with Crippen LogP contribution >= 0.6 is 0 Å². The zero-order valence-corrected chi connectivity index (χ0v) is 15.7. The van der Waals surface area contributed by atoms with Crippen LogP contribution in [-0.2, 0) is 13.2 Å². The Morgan fingerprint density at radius 2 is 1.75 bits per heavy atom. The fourth-order valence-corrected chi connectivity index (χ4v) is 2.82. The van der Waals surface area contributed by atoms with E-state index in [-0.39, 0.29) is 23.8 Å². The van der Waals surface area contributed by atoms with Crippen LogP contribution in [0.5, 0.6) is 5.75 Å². The van der Waals surface area contributed by atoms with Gasteiger partial charge >= 0.3 is 0 Å². The molecule has 1 amide bonds. The zero-order chi connectivity index (χ0) is 20.1. The van der Waals surface area contributed by atoms with Gasteiger partial charge in [0.05, 0.1) is 0 Å². The minimum atomic E-state index is -0.314. The molecule has 0 radical (unpaired) electrons. The van der Waals surface area contributed by atoms with Crippen molar-refractivity contribution in [2.75, 3.05) is 0 Å². The van der Waals surface area contributed by atoms with Crippen LogP contribution in [-0.4, -0.2) is 10.9 Å². The molecule has 0 unspecified atom stereocenters. The maximum Gasteiger partial charge on any atom is 0.253 e. The van der Waals surface area contributed by atoms with E-state index in [9.17, 15) is 14.0 Å². The second-order valence-corrected chi connectivity index (χ2v) is 6.57. The van der Waals surface area contributed by atoms with E-state index in [0.717, 1.165) is 16.8 Å². The first kappa shape index (κ1) is 19.4. The summed E-state index contributed by atoms with van der Waals surface area (Å²) >= 11 is 0. The number of aryl methyl sites for hydroxylation is 2. The molecule has 5 nitrogen and oxygen atoms in total. The number of halogens is 1. The molecule has 0 aliphatic heterocycles. The highest BCUT2D eigenvalue weighted by molar-refractivity contribution is 5.94. The van der Waals surface area contributed by atoms with E-state index in [1.54, 1.807) is 36.4 Å². The van der Waals surface area contributed by atoms with Crippen molar-refractivity contribution in [3.63, 3.8) is 0 Å². The number of aromatic nitrogens is 1. The van der Waals surface area contributed by atoms with Gasteiger partial charge in [-0.3, -0.25) is 9.59 Å². The number of aromatic amines is 1. The van der Waals surface area contributed by atoms with Gasteiger partial charge in [0, 0.05) is 23.4 Å². The molecule has 0 spiro atoms. The molecule has 0 aliphatic carbocycles. The molecule has 0 saturated carbocycles. The topological polar surface area (TPSA) is 71.2 Å². The lowest BCUT2D eigenvalue weighted by Gasteiger charge is -2.09. The number of ether oxygens (including phenoxy) is 1. The number of amides is 1. The summed E-state index contributed by atoms with van der Waals surface area (Å²) in [5.74, 6) is -0.00201. The summed E-state index contributed by atoms with van der Waals surface area (Å²) in [5, 5.41) is 2.77. The molecule has 28 heavy (non-hydrogen) atoms. The van der Waals surface area contributed by atoms with Crippen molar-refractivity contribution in [3.05, 3.63) is 98.7 Å². The van der Waals surface area contributed by atoms with E-state index in [1.165, 1.54) is 12.1 Å². The van der Waals surface area contributed by atoms with Gasteiger partial charge in [-0.05, 0) is 67.4 Å². The molecule has 0 bridgehead atoms. The lowest BCUT2D eigenvalue weighted by atomic mass is 10.1. The molecule has 144 valence electrons. The summed E-state index contributed by atoms with van der Waals surface area (Å²) in [6, 6.07) is 14.7. The molecule has 1 heterocycles. The summed E-state index contributed by atoms with van der Waals surface area (Å²) < 4.78 is 18.5. The maximum absolute atomic E-state index is 12.9. The number of H-pyrrole nitrogens is 1. The third-order valence-electron chi connectivity index (χ3n) is 4.35. The highest BCUT2D eigenvalue weighted by Crippen LogP contribution is 2.14. The largest absolute Gasteiger partial charge is 0.489 e. The van der Waals surface area contributed by atoms with Crippen molar-refractivity contribution < 1.29 is 13.9 Å². The first-order valence-corrected chi connectivity index (χ1v) is 8.87. The highest BCUT2D eigenvalue weighted by atomic mass is 19.1. The zero-order valence-electron chi connectivity index (χ0n) is 15.7. The predicted octanol–water partition coefficient (Wildman–Crippen LogP) is 3.64. The van der Waals surface area contributed by atoms with Gasteiger partial charge in [-0.15, -0.1) is 0 Å². The van der Waals surface area contributed by atoms with Gasteiger partial charge in [0.2, 0.25) is 0 Å². The van der Waals surface area contributed by atoms with Gasteiger partial charge in [0.25, 0.3) is 11.5 Å². The Morgan fingerprint density at radius 1 is 1.07 bits per heavy atom. The van der Waals surface area contributed by atoms with Crippen LogP contribution in [0.1, 0.15) is 32.7 Å². The quantitative estimate of drug-likeness (QED) is 0.686. The first-order valence-electron chi connectivity index (χ1n) is 8.87. The van der Waals surface area contributed by atoms with E-state index >= 15 is 0 Å². The number of rotatable bonds is 6. The molecule has 0 atom stereocenters. The highest BCUT2D eigenvalue weighted by Gasteiger charge is 2.09. The summed E-state index contributed by atoms with van der Waals surface area (Å²) in [6.45, 7) is 4.14. The smallest absolute Gasteiger partial charge is 0.253 e. The second-order valence-electron chi connectivity index (χ2n) is 6.57. The summed E-state index contributed by atoms with van der Waals surface area (Å²) in [4.78, 5) is 27.1. The molecule has 3 rings (SSSR count). The molecule has 2 aromatic carbocycles. The lowest BCUT2D eigenvalue weighted by Crippen LogP contribution is -2.27. The Bertz CT molecular complexity index is 1030. The van der Waals surface area contributed by atoms with Crippen molar-refractivity contribution >= 4 is 5.91 Å². The minimum Gasteiger partial charge on any atom is -0.489 e. The molecule has 2 N–H and O–H groups in total. The van der Waals surface area contributed by atoms with Gasteiger partial charge in [-0.2, -0.15) is 0 Å². The third kappa shape index (κ3) is 4.85. The van der Waals surface area contributed by atoms with E-state index in [2.05, 4.69) is 10.3 Å². The monoisotopic (exact) mass is 380 g/mol. The molecule has 6 heteroatoms. The fourth-order valence-electron chi connectivity index (χ4n) is 2.82. The Hall–Kier alpha value is -3.41. The number of nitrogens with one attached hydrogen (secondary N) is 2. The van der Waals surface area contributed by atoms with E-state index in [1.807, 2.05) is 19.9 Å². The van der Waals surface area contributed by atoms with Crippen molar-refractivity contribution in [1.82, 2.24) is 10.3 Å². The van der Waals surface area contributed by atoms with E-state index < -0.39 is 0 Å². The van der Waals surface area contributed by atoms with Crippen molar-refractivity contribution in [2.24, 2.45) is 0 Å². The molecule has 0 saturated heterocycles. The van der Waals surface area contributed by atoms with Crippen LogP contribution in [0.25, 0.3) is 0 Å². The Kier molecular flexibility index (Phi) is 5.89. The van der Waals surface area contributed by atoms with Crippen LogP contribution in [0.3, 0.4) is 0 Å². The number of hydrogen-bond acceptors (Lipinski definition) is 3. The Morgan fingerprint density at radius 3 is 2.39 bits per heavy atom. The fraction of sp³-hybridized carbons (Fsp3) is 0.182. The Labute approximate surface area is 162 Å². The predicted molar refractivity (Wildman–Crippen MR) is 105 cm³/mol. The SMILES string of the molecule is Cc1cc(C)c(CNC(=O)c2ccc(COc3ccc(F)cc3)cc2)c(=O)[nH]1. The van der Waals surface area contributed by atoms with E-state index in [4.69, 9.17) is 4.74 Å². The van der Waals surface area contributed by atoms with Crippen LogP contribution < -0.4 is 15.6 Å². The third-order valence-corrected chi connectivity index (χ3v) is 4.35. The Balaban J connectivity index is 1.58. The van der Waals surface area contributed by atoms with Gasteiger partial charge in [0.1, 0.15) is 18.2 Å². The van der Waals surface area contributed by atoms with Crippen LogP contribution in [0.4, 0.5) is 4.39 Å². The van der Waals surface area contributed by atoms with Crippen LogP contribution in [0, 0.1) is 19.7 Å². The minimum absolute atomic E-state index is 0.162. The van der Waals surface area contributed by atoms with Crippen molar-refractivity contribution in [3.8, 4) is 5.75 Å². The molecule has 0 aliphatic rings. The summed E-state index contributed by atoms with van der Waals surface area (Å²) in [7, 11) is 0. The number of carbonyl (C=O) groups excluding carboxylic acids is 1. The molecular formula is C22H21FN2O3. The van der Waals surface area contributed by atoms with Crippen molar-refractivity contribution in [1.29, 1.82) is 0 Å². The van der Waals surface area contributed by atoms with Crippen LogP contribution in [0.2, 0.25) is 0 Å². The van der Waals surface area contributed by atoms with Crippen molar-refractivity contribution in [2.45, 2.75) is 27.0 Å². The van der Waals surface area contributed by atoms with Crippen LogP contribution in [0.15, 0.2) is 59.4 Å².